The first-order chi connectivity index (χ1) is 18.6. The number of rotatable bonds is 11. The highest BCUT2D eigenvalue weighted by Crippen LogP contribution is 2.18. The minimum atomic E-state index is -0.436. The van der Waals surface area contributed by atoms with Gasteiger partial charge in [-0.25, -0.2) is 9.97 Å². The second-order valence-corrected chi connectivity index (χ2v) is 8.47. The minimum absolute atomic E-state index is 0.0483. The van der Waals surface area contributed by atoms with Crippen molar-refractivity contribution in [2.24, 2.45) is 0 Å². The Hall–Kier alpha value is -5.11. The molecule has 0 aliphatic rings. The van der Waals surface area contributed by atoms with Crippen LogP contribution in [0.25, 0.3) is 17.0 Å². The second-order valence-electron chi connectivity index (χ2n) is 8.47. The molecule has 8 heteroatoms. The first-order valence-corrected chi connectivity index (χ1v) is 12.1. The molecule has 0 saturated carbocycles. The van der Waals surface area contributed by atoms with E-state index in [1.807, 2.05) is 84.8 Å². The van der Waals surface area contributed by atoms with Gasteiger partial charge in [0, 0.05) is 49.8 Å². The molecule has 4 rings (SSSR count). The number of fused-ring (bicyclic) bond motifs is 1. The molecule has 1 amide bonds. The third-order valence-corrected chi connectivity index (χ3v) is 5.48. The number of carbonyl (C=O) groups is 2. The number of hydrogen-bond donors (Lipinski definition) is 2. The molecule has 2 aromatic heterocycles. The van der Waals surface area contributed by atoms with Crippen LogP contribution in [0.5, 0.6) is 0 Å². The average molecular weight is 505 g/mol. The Morgan fingerprint density at radius 2 is 1.92 bits per heavy atom. The summed E-state index contributed by atoms with van der Waals surface area (Å²) in [5.74, 6) is 0.0956. The minimum Gasteiger partial charge on any atom is -0.376 e. The summed E-state index contributed by atoms with van der Waals surface area (Å²) in [4.78, 5) is 38.8. The molecule has 38 heavy (non-hydrogen) atoms. The summed E-state index contributed by atoms with van der Waals surface area (Å²) in [6.07, 6.45) is 14.5. The van der Waals surface area contributed by atoms with E-state index in [-0.39, 0.29) is 12.1 Å². The highest BCUT2D eigenvalue weighted by molar-refractivity contribution is 6.10. The molecule has 8 nitrogen and oxygen atoms in total. The van der Waals surface area contributed by atoms with E-state index in [1.54, 1.807) is 30.9 Å². The zero-order valence-electron chi connectivity index (χ0n) is 21.0. The largest absolute Gasteiger partial charge is 0.376 e. The van der Waals surface area contributed by atoms with E-state index in [0.29, 0.717) is 18.8 Å². The SMILES string of the molecule is CN(/C=C\C=C(/C=O)C(=O)NC/C=C/c1ccc2nc(Nc3ccccc3)ncc2c1)Cc1cccnc1. The van der Waals surface area contributed by atoms with Crippen LogP contribution in [0.2, 0.25) is 0 Å². The van der Waals surface area contributed by atoms with Crippen LogP contribution in [0, 0.1) is 0 Å². The van der Waals surface area contributed by atoms with Crippen molar-refractivity contribution in [2.75, 3.05) is 18.9 Å². The zero-order valence-corrected chi connectivity index (χ0v) is 21.0. The predicted octanol–water partition coefficient (Wildman–Crippen LogP) is 4.67. The van der Waals surface area contributed by atoms with Crippen LogP contribution in [0.1, 0.15) is 11.1 Å². The number of anilines is 2. The van der Waals surface area contributed by atoms with Gasteiger partial charge in [0.1, 0.15) is 0 Å². The van der Waals surface area contributed by atoms with Crippen LogP contribution in [-0.4, -0.2) is 45.6 Å². The quantitative estimate of drug-likeness (QED) is 0.101. The molecule has 2 N–H and O–H groups in total. The van der Waals surface area contributed by atoms with Crippen molar-refractivity contribution in [3.05, 3.63) is 120 Å². The van der Waals surface area contributed by atoms with Crippen molar-refractivity contribution in [1.29, 1.82) is 0 Å². The Morgan fingerprint density at radius 3 is 2.71 bits per heavy atom. The molecule has 0 radical (unpaired) electrons. The molecule has 0 saturated heterocycles. The predicted molar refractivity (Wildman–Crippen MR) is 150 cm³/mol. The maximum Gasteiger partial charge on any atom is 0.254 e. The summed E-state index contributed by atoms with van der Waals surface area (Å²) in [7, 11) is 1.91. The summed E-state index contributed by atoms with van der Waals surface area (Å²) in [5.41, 5.74) is 3.80. The van der Waals surface area contributed by atoms with Crippen molar-refractivity contribution in [2.45, 2.75) is 6.54 Å². The normalized spacial score (nSPS) is 11.7. The topological polar surface area (TPSA) is 100 Å². The van der Waals surface area contributed by atoms with Crippen molar-refractivity contribution in [3.63, 3.8) is 0 Å². The summed E-state index contributed by atoms with van der Waals surface area (Å²) in [5, 5.41) is 6.83. The molecular formula is C30H28N6O2. The smallest absolute Gasteiger partial charge is 0.254 e. The van der Waals surface area contributed by atoms with Gasteiger partial charge in [-0.1, -0.05) is 42.5 Å². The second kappa shape index (κ2) is 13.3. The molecular weight excluding hydrogens is 476 g/mol. The third-order valence-electron chi connectivity index (χ3n) is 5.48. The lowest BCUT2D eigenvalue weighted by atomic mass is 10.1. The number of nitrogens with one attached hydrogen (secondary N) is 2. The van der Waals surface area contributed by atoms with Crippen molar-refractivity contribution < 1.29 is 9.59 Å². The van der Waals surface area contributed by atoms with Gasteiger partial charge in [0.05, 0.1) is 11.1 Å². The number of carbonyl (C=O) groups excluding carboxylic acids is 2. The van der Waals surface area contributed by atoms with Gasteiger partial charge in [-0.05, 0) is 59.8 Å². The van der Waals surface area contributed by atoms with Gasteiger partial charge in [0.15, 0.2) is 6.29 Å². The van der Waals surface area contributed by atoms with E-state index in [4.69, 9.17) is 0 Å². The number of aldehydes is 1. The molecule has 0 unspecified atom stereocenters. The molecule has 4 aromatic rings. The summed E-state index contributed by atoms with van der Waals surface area (Å²) in [6, 6.07) is 19.5. The molecule has 0 aliphatic heterocycles. The molecule has 0 aliphatic carbocycles. The molecule has 0 atom stereocenters. The van der Waals surface area contributed by atoms with Crippen LogP contribution in [0.15, 0.2) is 109 Å². The Bertz CT molecular complexity index is 1470. The van der Waals surface area contributed by atoms with E-state index in [2.05, 4.69) is 25.6 Å². The molecule has 0 spiro atoms. The van der Waals surface area contributed by atoms with Crippen LogP contribution in [0.3, 0.4) is 0 Å². The number of allylic oxidation sites excluding steroid dienone is 2. The summed E-state index contributed by atoms with van der Waals surface area (Å²) in [6.45, 7) is 0.946. The third kappa shape index (κ3) is 7.69. The van der Waals surface area contributed by atoms with E-state index in [0.717, 1.165) is 27.7 Å². The van der Waals surface area contributed by atoms with Gasteiger partial charge in [0.2, 0.25) is 5.95 Å². The Morgan fingerprint density at radius 1 is 1.05 bits per heavy atom. The number of amides is 1. The number of hydrogen-bond acceptors (Lipinski definition) is 7. The fourth-order valence-electron chi connectivity index (χ4n) is 3.61. The fraction of sp³-hybridized carbons (Fsp3) is 0.100. The molecule has 0 fully saturated rings. The van der Waals surface area contributed by atoms with Crippen molar-refractivity contribution in [1.82, 2.24) is 25.2 Å². The van der Waals surface area contributed by atoms with E-state index in [1.165, 1.54) is 6.08 Å². The van der Waals surface area contributed by atoms with Crippen molar-refractivity contribution in [3.8, 4) is 0 Å². The van der Waals surface area contributed by atoms with Gasteiger partial charge in [0.25, 0.3) is 5.91 Å². The summed E-state index contributed by atoms with van der Waals surface area (Å²) < 4.78 is 0. The Kier molecular flexibility index (Phi) is 9.07. The number of para-hydroxylation sites is 1. The zero-order chi connectivity index (χ0) is 26.6. The number of benzene rings is 2. The standard InChI is InChI=1S/C30H28N6O2/c1-36(21-24-9-5-15-31-19-24)17-7-10-25(22-37)29(38)32-16-6-8-23-13-14-28-26(18-23)20-33-30(35-28)34-27-11-3-2-4-12-27/h2-15,17-20,22H,16,21H2,1H3,(H,32,38)(H,33,34,35)/b8-6+,17-7-,25-10+. The Balaban J connectivity index is 1.28. The van der Waals surface area contributed by atoms with E-state index >= 15 is 0 Å². The summed E-state index contributed by atoms with van der Waals surface area (Å²) >= 11 is 0. The van der Waals surface area contributed by atoms with Gasteiger partial charge in [-0.15, -0.1) is 0 Å². The van der Waals surface area contributed by atoms with Gasteiger partial charge in [-0.2, -0.15) is 0 Å². The first-order valence-electron chi connectivity index (χ1n) is 12.1. The van der Waals surface area contributed by atoms with Crippen LogP contribution in [-0.2, 0) is 16.1 Å². The number of nitrogens with zero attached hydrogens (tertiary/aromatic N) is 4. The van der Waals surface area contributed by atoms with E-state index in [9.17, 15) is 9.59 Å². The highest BCUT2D eigenvalue weighted by Gasteiger charge is 2.06. The van der Waals surface area contributed by atoms with E-state index < -0.39 is 5.91 Å². The molecule has 2 aromatic carbocycles. The molecule has 190 valence electrons. The number of aromatic nitrogens is 3. The monoisotopic (exact) mass is 504 g/mol. The average Bonchev–Trinajstić information content (AvgIpc) is 2.94. The Labute approximate surface area is 221 Å². The van der Waals surface area contributed by atoms with Gasteiger partial charge in [-0.3, -0.25) is 14.6 Å². The van der Waals surface area contributed by atoms with Crippen LogP contribution in [0.4, 0.5) is 11.6 Å². The fourth-order valence-corrected chi connectivity index (χ4v) is 3.61. The van der Waals surface area contributed by atoms with Crippen LogP contribution >= 0.6 is 0 Å². The maximum atomic E-state index is 12.4. The van der Waals surface area contributed by atoms with Gasteiger partial charge < -0.3 is 15.5 Å². The van der Waals surface area contributed by atoms with Crippen molar-refractivity contribution >= 4 is 40.8 Å². The lowest BCUT2D eigenvalue weighted by Crippen LogP contribution is -2.25. The molecule has 0 bridgehead atoms. The highest BCUT2D eigenvalue weighted by atomic mass is 16.2. The molecule has 2 heterocycles. The van der Waals surface area contributed by atoms with Gasteiger partial charge >= 0.3 is 0 Å². The number of pyridine rings is 1. The lowest BCUT2D eigenvalue weighted by molar-refractivity contribution is -0.119. The van der Waals surface area contributed by atoms with Crippen LogP contribution < -0.4 is 10.6 Å². The first kappa shape index (κ1) is 26.0. The lowest BCUT2D eigenvalue weighted by Gasteiger charge is -2.12. The maximum absolute atomic E-state index is 12.4.